The second-order valence-electron chi connectivity index (χ2n) is 8.75. The highest BCUT2D eigenvalue weighted by atomic mass is 15.1. The summed E-state index contributed by atoms with van der Waals surface area (Å²) in [5.41, 5.74) is 5.86. The molecule has 0 bridgehead atoms. The molecule has 1 aliphatic rings. The normalized spacial score (nSPS) is 15.5. The highest BCUT2D eigenvalue weighted by molar-refractivity contribution is 5.93. The van der Waals surface area contributed by atoms with Crippen LogP contribution in [0.3, 0.4) is 0 Å². The number of anilines is 1. The maximum atomic E-state index is 5.12. The van der Waals surface area contributed by atoms with E-state index < -0.39 is 0 Å². The van der Waals surface area contributed by atoms with Crippen LogP contribution < -0.4 is 5.32 Å². The van der Waals surface area contributed by atoms with Crippen molar-refractivity contribution in [1.29, 1.82) is 0 Å². The first-order chi connectivity index (χ1) is 15.1. The zero-order chi connectivity index (χ0) is 21.4. The Hall–Kier alpha value is -3.14. The summed E-state index contributed by atoms with van der Waals surface area (Å²) in [5.74, 6) is 1.77. The van der Waals surface area contributed by atoms with Crippen molar-refractivity contribution in [2.45, 2.75) is 58.5 Å². The zero-order valence-corrected chi connectivity index (χ0v) is 18.6. The van der Waals surface area contributed by atoms with Gasteiger partial charge in [0, 0.05) is 17.3 Å². The van der Waals surface area contributed by atoms with Crippen LogP contribution in [0.15, 0.2) is 60.7 Å². The zero-order valence-electron chi connectivity index (χ0n) is 18.6. The average Bonchev–Trinajstić information content (AvgIpc) is 3.41. The Morgan fingerprint density at radius 1 is 0.903 bits per heavy atom. The van der Waals surface area contributed by atoms with Crippen LogP contribution in [-0.4, -0.2) is 20.6 Å². The van der Waals surface area contributed by atoms with Gasteiger partial charge < -0.3 is 9.88 Å². The van der Waals surface area contributed by atoms with Gasteiger partial charge in [-0.05, 0) is 44.7 Å². The number of nitrogens with zero attached hydrogens (tertiary/aromatic N) is 3. The van der Waals surface area contributed by atoms with E-state index in [1.54, 1.807) is 0 Å². The van der Waals surface area contributed by atoms with Crippen molar-refractivity contribution in [3.63, 3.8) is 0 Å². The summed E-state index contributed by atoms with van der Waals surface area (Å²) >= 11 is 0. The van der Waals surface area contributed by atoms with Gasteiger partial charge in [-0.25, -0.2) is 9.97 Å². The van der Waals surface area contributed by atoms with E-state index in [0.29, 0.717) is 6.04 Å². The van der Waals surface area contributed by atoms with E-state index in [-0.39, 0.29) is 6.04 Å². The number of rotatable bonds is 5. The van der Waals surface area contributed by atoms with Crippen molar-refractivity contribution < 1.29 is 0 Å². The summed E-state index contributed by atoms with van der Waals surface area (Å²) in [5, 5.41) is 4.95. The molecule has 1 N–H and O–H groups in total. The molecule has 0 radical (unpaired) electrons. The fourth-order valence-electron chi connectivity index (χ4n) is 4.93. The lowest BCUT2D eigenvalue weighted by atomic mass is 10.1. The number of nitrogens with one attached hydrogen (secondary N) is 1. The minimum absolute atomic E-state index is 0.190. The van der Waals surface area contributed by atoms with Crippen LogP contribution in [0.4, 0.5) is 5.82 Å². The third kappa shape index (κ3) is 3.60. The summed E-state index contributed by atoms with van der Waals surface area (Å²) in [7, 11) is 0. The molecule has 1 saturated carbocycles. The number of hydrogen-bond acceptors (Lipinski definition) is 3. The van der Waals surface area contributed by atoms with Crippen LogP contribution in [0.25, 0.3) is 22.4 Å². The lowest BCUT2D eigenvalue weighted by Crippen LogP contribution is -2.16. The van der Waals surface area contributed by atoms with Gasteiger partial charge in [-0.3, -0.25) is 0 Å². The van der Waals surface area contributed by atoms with Crippen LogP contribution in [0.2, 0.25) is 0 Å². The summed E-state index contributed by atoms with van der Waals surface area (Å²) in [4.78, 5) is 10.2. The first-order valence-corrected chi connectivity index (χ1v) is 11.4. The molecular weight excluding hydrogens is 380 g/mol. The van der Waals surface area contributed by atoms with Crippen molar-refractivity contribution in [2.75, 3.05) is 5.32 Å². The Labute approximate surface area is 184 Å². The van der Waals surface area contributed by atoms with Crippen molar-refractivity contribution in [3.8, 4) is 11.4 Å². The Bertz CT molecular complexity index is 1190. The molecule has 1 aliphatic carbocycles. The molecule has 1 fully saturated rings. The van der Waals surface area contributed by atoms with E-state index in [4.69, 9.17) is 9.97 Å². The van der Waals surface area contributed by atoms with Gasteiger partial charge in [0.05, 0.1) is 11.4 Å². The van der Waals surface area contributed by atoms with E-state index in [0.717, 1.165) is 28.2 Å². The van der Waals surface area contributed by atoms with Crippen LogP contribution in [0, 0.1) is 13.8 Å². The highest BCUT2D eigenvalue weighted by Gasteiger charge is 2.24. The van der Waals surface area contributed by atoms with Crippen molar-refractivity contribution in [1.82, 2.24) is 14.5 Å². The van der Waals surface area contributed by atoms with Gasteiger partial charge in [-0.1, -0.05) is 73.5 Å². The molecule has 2 heterocycles. The van der Waals surface area contributed by atoms with Crippen molar-refractivity contribution in [3.05, 3.63) is 77.5 Å². The molecule has 0 saturated heterocycles. The smallest absolute Gasteiger partial charge is 0.163 e. The van der Waals surface area contributed by atoms with Gasteiger partial charge >= 0.3 is 0 Å². The molecule has 4 nitrogen and oxygen atoms in total. The molecule has 1 atom stereocenters. The van der Waals surface area contributed by atoms with Crippen molar-refractivity contribution in [2.24, 2.45) is 0 Å². The predicted octanol–water partition coefficient (Wildman–Crippen LogP) is 6.68. The number of hydrogen-bond donors (Lipinski definition) is 1. The standard InChI is InChI=1S/C27H30N4/c1-18-19(2)31(20(3)21-12-6-4-7-13-21)27-24(18)26(28-23-16-10-11-17-23)29-25(30-27)22-14-8-5-9-15-22/h4-9,12-15,20,23H,10-11,16-17H2,1-3H3,(H,28,29,30)/t20-/m1/s1. The third-order valence-electron chi connectivity index (χ3n) is 6.79. The number of fused-ring (bicyclic) bond motifs is 1. The molecule has 0 unspecified atom stereocenters. The monoisotopic (exact) mass is 410 g/mol. The average molecular weight is 411 g/mol. The van der Waals surface area contributed by atoms with Crippen LogP contribution in [0.1, 0.15) is 55.5 Å². The molecule has 158 valence electrons. The SMILES string of the molecule is Cc1c(C)n([C@H](C)c2ccccc2)c2nc(-c3ccccc3)nc(NC3CCCC3)c12. The van der Waals surface area contributed by atoms with Gasteiger partial charge in [-0.2, -0.15) is 0 Å². The molecule has 5 rings (SSSR count). The Morgan fingerprint density at radius 2 is 1.55 bits per heavy atom. The molecular formula is C27H30N4. The molecule has 2 aromatic carbocycles. The van der Waals surface area contributed by atoms with Gasteiger partial charge in [-0.15, -0.1) is 0 Å². The Kier molecular flexibility index (Phi) is 5.23. The van der Waals surface area contributed by atoms with Crippen LogP contribution in [0.5, 0.6) is 0 Å². The highest BCUT2D eigenvalue weighted by Crippen LogP contribution is 2.36. The second kappa shape index (κ2) is 8.18. The largest absolute Gasteiger partial charge is 0.367 e. The molecule has 2 aromatic heterocycles. The van der Waals surface area contributed by atoms with Gasteiger partial charge in [0.15, 0.2) is 5.82 Å². The maximum absolute atomic E-state index is 5.12. The summed E-state index contributed by atoms with van der Waals surface area (Å²) in [6, 6.07) is 21.7. The van der Waals surface area contributed by atoms with Gasteiger partial charge in [0.25, 0.3) is 0 Å². The lowest BCUT2D eigenvalue weighted by Gasteiger charge is -2.19. The molecule has 31 heavy (non-hydrogen) atoms. The second-order valence-corrected chi connectivity index (χ2v) is 8.75. The molecule has 0 aliphatic heterocycles. The molecule has 0 amide bonds. The first-order valence-electron chi connectivity index (χ1n) is 11.4. The van der Waals surface area contributed by atoms with Gasteiger partial charge in [0.2, 0.25) is 0 Å². The van der Waals surface area contributed by atoms with E-state index >= 15 is 0 Å². The third-order valence-corrected chi connectivity index (χ3v) is 6.79. The first kappa shape index (κ1) is 19.8. The topological polar surface area (TPSA) is 42.7 Å². The minimum atomic E-state index is 0.190. The number of aromatic nitrogens is 3. The number of aryl methyl sites for hydroxylation is 1. The quantitative estimate of drug-likeness (QED) is 0.399. The van der Waals surface area contributed by atoms with E-state index in [9.17, 15) is 0 Å². The molecule has 4 aromatic rings. The minimum Gasteiger partial charge on any atom is -0.367 e. The predicted molar refractivity (Wildman–Crippen MR) is 129 cm³/mol. The molecule has 4 heteroatoms. The fourth-order valence-corrected chi connectivity index (χ4v) is 4.93. The van der Waals surface area contributed by atoms with E-state index in [1.165, 1.54) is 42.5 Å². The summed E-state index contributed by atoms with van der Waals surface area (Å²) in [6.45, 7) is 6.67. The van der Waals surface area contributed by atoms with E-state index in [1.807, 2.05) is 6.07 Å². The van der Waals surface area contributed by atoms with Gasteiger partial charge in [0.1, 0.15) is 11.5 Å². The number of benzene rings is 2. The summed E-state index contributed by atoms with van der Waals surface area (Å²) in [6.07, 6.45) is 5.01. The maximum Gasteiger partial charge on any atom is 0.163 e. The molecule has 0 spiro atoms. The van der Waals surface area contributed by atoms with Crippen molar-refractivity contribution >= 4 is 16.9 Å². The fraction of sp³-hybridized carbons (Fsp3) is 0.333. The van der Waals surface area contributed by atoms with Crippen LogP contribution >= 0.6 is 0 Å². The summed E-state index contributed by atoms with van der Waals surface area (Å²) < 4.78 is 2.38. The van der Waals surface area contributed by atoms with Crippen LogP contribution in [-0.2, 0) is 0 Å². The Balaban J connectivity index is 1.73. The van der Waals surface area contributed by atoms with E-state index in [2.05, 4.69) is 85.3 Å². The Morgan fingerprint density at radius 3 is 2.23 bits per heavy atom. The lowest BCUT2D eigenvalue weighted by molar-refractivity contribution is 0.639.